The van der Waals surface area contributed by atoms with E-state index in [9.17, 15) is 0 Å². The minimum Gasteiger partial charge on any atom is -0.286 e. The molecule has 0 aromatic heterocycles. The summed E-state index contributed by atoms with van der Waals surface area (Å²) < 4.78 is 0. The Kier molecular flexibility index (Phi) is 8.27. The van der Waals surface area contributed by atoms with Gasteiger partial charge in [0, 0.05) is 0 Å². The zero-order chi connectivity index (χ0) is 26.2. The van der Waals surface area contributed by atoms with Crippen molar-refractivity contribution in [2.45, 2.75) is 152 Å². The fourth-order valence-electron chi connectivity index (χ4n) is 12.0. The van der Waals surface area contributed by atoms with Crippen LogP contribution in [0, 0.1) is 47.3 Å². The third-order valence-electron chi connectivity index (χ3n) is 13.8. The Labute approximate surface area is 257 Å². The largest absolute Gasteiger partial charge is 2.00 e. The van der Waals surface area contributed by atoms with Crippen molar-refractivity contribution in [1.29, 1.82) is 0 Å². The first-order chi connectivity index (χ1) is 19.8. The number of nitrogens with one attached hydrogen (secondary N) is 8. The van der Waals surface area contributed by atoms with Gasteiger partial charge in [-0.25, -0.2) is 0 Å². The van der Waals surface area contributed by atoms with E-state index in [0.717, 1.165) is 47.3 Å². The molecule has 8 bridgehead atoms. The molecule has 8 N–H and O–H groups in total. The fraction of sp³-hybridized carbons (Fsp3) is 1.00. The molecule has 0 aromatic rings. The molecule has 5 heterocycles. The predicted octanol–water partition coefficient (Wildman–Crippen LogP) is 2.60. The molecule has 9 rings (SSSR count). The van der Waals surface area contributed by atoms with Gasteiger partial charge in [-0.1, -0.05) is 51.4 Å². The van der Waals surface area contributed by atoms with Gasteiger partial charge in [0.25, 0.3) is 0 Å². The second kappa shape index (κ2) is 11.8. The second-order valence-corrected chi connectivity index (χ2v) is 15.6. The van der Waals surface area contributed by atoms with E-state index in [1.807, 2.05) is 0 Å². The smallest absolute Gasteiger partial charge is 0.286 e. The van der Waals surface area contributed by atoms with Crippen LogP contribution in [-0.4, -0.2) is 49.3 Å². The molecule has 0 aromatic carbocycles. The van der Waals surface area contributed by atoms with Crippen LogP contribution in [0.3, 0.4) is 0 Å². The van der Waals surface area contributed by atoms with Crippen molar-refractivity contribution in [3.8, 4) is 0 Å². The van der Waals surface area contributed by atoms with Crippen LogP contribution in [0.4, 0.5) is 0 Å². The maximum Gasteiger partial charge on any atom is 2.00 e. The molecule has 8 atom stereocenters. The molecule has 4 aliphatic carbocycles. The van der Waals surface area contributed by atoms with Crippen molar-refractivity contribution in [2.75, 3.05) is 0 Å². The van der Waals surface area contributed by atoms with Crippen molar-refractivity contribution >= 4 is 0 Å². The van der Waals surface area contributed by atoms with Gasteiger partial charge in [-0.05, 0) is 98.7 Å². The molecule has 9 fully saturated rings. The van der Waals surface area contributed by atoms with Crippen LogP contribution < -0.4 is 42.5 Å². The van der Waals surface area contributed by atoms with E-state index in [4.69, 9.17) is 0 Å². The molecule has 5 saturated heterocycles. The first-order valence-electron chi connectivity index (χ1n) is 17.9. The van der Waals surface area contributed by atoms with Gasteiger partial charge in [-0.3, -0.25) is 42.5 Å². The maximum absolute atomic E-state index is 4.26. The minimum atomic E-state index is 0. The van der Waals surface area contributed by atoms with E-state index in [2.05, 4.69) is 42.5 Å². The standard InChI is InChI=1S/C32H56N8.Ni/c1-2-10-18-17(9-1)25-33-26(18)38-28-21-13-5-6-14-22(21)30(35-28)40-32-24-16-8-7-15-23(24)31(36-32)39-29-20-12-4-3-11-19(20)27(34-29)37-25;/h17-40H,1-16H2;/q;+2. The van der Waals surface area contributed by atoms with Crippen LogP contribution in [0.5, 0.6) is 0 Å². The van der Waals surface area contributed by atoms with E-state index in [1.165, 1.54) is 103 Å². The average Bonchev–Trinajstić information content (AvgIpc) is 3.73. The summed E-state index contributed by atoms with van der Waals surface area (Å²) in [7, 11) is 0. The number of rotatable bonds is 0. The molecule has 5 aliphatic heterocycles. The Hall–Kier alpha value is 0.174. The van der Waals surface area contributed by atoms with Crippen LogP contribution in [0.15, 0.2) is 0 Å². The van der Waals surface area contributed by atoms with E-state index in [-0.39, 0.29) is 16.5 Å². The summed E-state index contributed by atoms with van der Waals surface area (Å²) in [5, 5.41) is 33.8. The van der Waals surface area contributed by atoms with Crippen LogP contribution in [-0.2, 0) is 16.5 Å². The normalized spacial score (nSPS) is 56.2. The topological polar surface area (TPSA) is 96.2 Å². The maximum atomic E-state index is 4.26. The zero-order valence-corrected chi connectivity index (χ0v) is 25.9. The van der Waals surface area contributed by atoms with Crippen LogP contribution in [0.1, 0.15) is 103 Å². The molecule has 232 valence electrons. The van der Waals surface area contributed by atoms with Crippen LogP contribution in [0.25, 0.3) is 0 Å². The third kappa shape index (κ3) is 5.00. The summed E-state index contributed by atoms with van der Waals surface area (Å²) in [6.45, 7) is 0. The molecular weight excluding hydrogens is 555 g/mol. The molecule has 9 heteroatoms. The summed E-state index contributed by atoms with van der Waals surface area (Å²) in [6, 6.07) is 0. The summed E-state index contributed by atoms with van der Waals surface area (Å²) in [4.78, 5) is 0. The van der Waals surface area contributed by atoms with Crippen molar-refractivity contribution in [3.05, 3.63) is 0 Å². The molecular formula is C32H56N8Ni+2. The van der Waals surface area contributed by atoms with E-state index in [0.29, 0.717) is 49.3 Å². The third-order valence-corrected chi connectivity index (χ3v) is 13.8. The molecule has 8 nitrogen and oxygen atoms in total. The van der Waals surface area contributed by atoms with Gasteiger partial charge in [-0.15, -0.1) is 0 Å². The summed E-state index contributed by atoms with van der Waals surface area (Å²) in [6.07, 6.45) is 25.6. The summed E-state index contributed by atoms with van der Waals surface area (Å²) >= 11 is 0. The number of hydrogen-bond acceptors (Lipinski definition) is 8. The van der Waals surface area contributed by atoms with Crippen molar-refractivity contribution in [2.24, 2.45) is 47.3 Å². The Bertz CT molecular complexity index is 716. The van der Waals surface area contributed by atoms with Crippen LogP contribution >= 0.6 is 0 Å². The number of hydrogen-bond donors (Lipinski definition) is 8. The average molecular weight is 612 g/mol. The second-order valence-electron chi connectivity index (χ2n) is 15.6. The Morgan fingerprint density at radius 3 is 0.463 bits per heavy atom. The molecule has 41 heavy (non-hydrogen) atoms. The quantitative estimate of drug-likeness (QED) is 0.198. The van der Waals surface area contributed by atoms with Gasteiger partial charge in [0.1, 0.15) is 0 Å². The Balaban J connectivity index is 0.00000256. The van der Waals surface area contributed by atoms with Gasteiger partial charge in [0.05, 0.1) is 49.3 Å². The Morgan fingerprint density at radius 2 is 0.341 bits per heavy atom. The van der Waals surface area contributed by atoms with Gasteiger partial charge < -0.3 is 0 Å². The molecule has 8 unspecified atom stereocenters. The first-order valence-corrected chi connectivity index (χ1v) is 17.9. The Morgan fingerprint density at radius 1 is 0.220 bits per heavy atom. The van der Waals surface area contributed by atoms with E-state index in [1.54, 1.807) is 0 Å². The van der Waals surface area contributed by atoms with Gasteiger partial charge in [-0.2, -0.15) is 0 Å². The molecule has 9 aliphatic rings. The van der Waals surface area contributed by atoms with Crippen LogP contribution in [0.2, 0.25) is 0 Å². The van der Waals surface area contributed by atoms with Crippen molar-refractivity contribution in [3.63, 3.8) is 0 Å². The molecule has 4 saturated carbocycles. The SMILES string of the molecule is C1CCC2C3NC(NC4NC(NC5NC(NC6NC(N3)C3CCCCC63)C3CCCCC53)C3CCCCC43)C2C1.[Ni+2]. The molecule has 0 spiro atoms. The number of fused-ring (bicyclic) bond motifs is 20. The van der Waals surface area contributed by atoms with E-state index < -0.39 is 0 Å². The monoisotopic (exact) mass is 610 g/mol. The summed E-state index contributed by atoms with van der Waals surface area (Å²) in [5.41, 5.74) is 0. The van der Waals surface area contributed by atoms with E-state index >= 15 is 0 Å². The molecule has 0 radical (unpaired) electrons. The van der Waals surface area contributed by atoms with Gasteiger partial charge in [0.2, 0.25) is 0 Å². The predicted molar refractivity (Wildman–Crippen MR) is 157 cm³/mol. The minimum absolute atomic E-state index is 0. The van der Waals surface area contributed by atoms with Gasteiger partial charge >= 0.3 is 16.5 Å². The zero-order valence-electron chi connectivity index (χ0n) is 24.9. The van der Waals surface area contributed by atoms with Crippen molar-refractivity contribution < 1.29 is 16.5 Å². The van der Waals surface area contributed by atoms with Gasteiger partial charge in [0.15, 0.2) is 0 Å². The fourth-order valence-corrected chi connectivity index (χ4v) is 12.0. The molecule has 0 amide bonds. The van der Waals surface area contributed by atoms with Crippen molar-refractivity contribution in [1.82, 2.24) is 42.5 Å². The first kappa shape index (κ1) is 28.6. The summed E-state index contributed by atoms with van der Waals surface area (Å²) in [5.74, 6) is 5.97.